The van der Waals surface area contributed by atoms with Crippen molar-refractivity contribution in [2.45, 2.75) is 133 Å². The van der Waals surface area contributed by atoms with E-state index in [4.69, 9.17) is 18.9 Å². The molecule has 2 aliphatic carbocycles. The number of carbonyl (C=O) groups excluding carboxylic acids is 1. The first kappa shape index (κ1) is 48.6. The van der Waals surface area contributed by atoms with Gasteiger partial charge in [-0.1, -0.05) is 38.1 Å². The number of nitro groups is 1. The molecule has 1 spiro atoms. The summed E-state index contributed by atoms with van der Waals surface area (Å²) in [6.07, 6.45) is 10.8. The highest BCUT2D eigenvalue weighted by Gasteiger charge is 2.50. The number of alkyl halides is 2. The number of ether oxygens (including phenoxy) is 4. The number of nitrogens with one attached hydrogen (secondary N) is 2. The van der Waals surface area contributed by atoms with Crippen molar-refractivity contribution in [1.29, 1.82) is 0 Å². The zero-order chi connectivity index (χ0) is 49.8. The molecule has 10 rings (SSSR count). The molecule has 2 saturated heterocycles. The van der Waals surface area contributed by atoms with Crippen LogP contribution in [-0.4, -0.2) is 89.8 Å². The molecular weight excluding hydrogens is 939 g/mol. The number of aliphatic hydroxyl groups is 1. The van der Waals surface area contributed by atoms with Crippen molar-refractivity contribution in [3.05, 3.63) is 99.7 Å². The fraction of sp³-hybridized carbons (Fsp3) is 0.500. The van der Waals surface area contributed by atoms with E-state index in [1.165, 1.54) is 29.7 Å². The number of H-pyrrole nitrogens is 1. The lowest BCUT2D eigenvalue weighted by molar-refractivity contribution is -0.386. The average Bonchev–Trinajstić information content (AvgIpc) is 4.01. The molecule has 2 aromatic heterocycles. The van der Waals surface area contributed by atoms with Gasteiger partial charge in [-0.3, -0.25) is 19.8 Å². The number of anilines is 1. The highest BCUT2D eigenvalue weighted by Crippen LogP contribution is 2.55. The maximum Gasteiger partial charge on any atom is 0.388 e. The van der Waals surface area contributed by atoms with Crippen molar-refractivity contribution < 1.29 is 51.0 Å². The molecule has 0 bridgehead atoms. The van der Waals surface area contributed by atoms with E-state index in [1.807, 2.05) is 4.72 Å². The Kier molecular flexibility index (Phi) is 13.1. The Hall–Kier alpha value is -6.05. The van der Waals surface area contributed by atoms with Gasteiger partial charge < -0.3 is 33.9 Å². The summed E-state index contributed by atoms with van der Waals surface area (Å²) < 4.78 is 80.6. The molecule has 1 amide bonds. The summed E-state index contributed by atoms with van der Waals surface area (Å²) in [6.45, 7) is 5.55. The number of fused-ring (bicyclic) bond motifs is 2. The van der Waals surface area contributed by atoms with Gasteiger partial charge in [0.25, 0.3) is 21.8 Å². The molecule has 5 heterocycles. The first-order valence-corrected chi connectivity index (χ1v) is 26.2. The van der Waals surface area contributed by atoms with Gasteiger partial charge in [0.2, 0.25) is 5.75 Å². The first-order valence-electron chi connectivity index (χ1n) is 24.7. The van der Waals surface area contributed by atoms with E-state index in [2.05, 4.69) is 57.9 Å². The van der Waals surface area contributed by atoms with E-state index in [1.54, 1.807) is 31.3 Å². The number of aromatic nitrogens is 2. The Morgan fingerprint density at radius 3 is 2.51 bits per heavy atom. The molecule has 5 aliphatic rings. The number of carbonyl (C=O) groups is 1. The summed E-state index contributed by atoms with van der Waals surface area (Å²) >= 11 is 0. The van der Waals surface area contributed by atoms with Crippen LogP contribution in [0, 0.1) is 21.4 Å². The number of halogens is 2. The van der Waals surface area contributed by atoms with Crippen molar-refractivity contribution in [3.8, 4) is 28.9 Å². The lowest BCUT2D eigenvalue weighted by atomic mass is 9.59. The Balaban J connectivity index is 0.878. The number of aromatic amines is 1. The van der Waals surface area contributed by atoms with Gasteiger partial charge in [-0.15, -0.1) is 0 Å². The van der Waals surface area contributed by atoms with Crippen LogP contribution in [0.2, 0.25) is 0 Å². The summed E-state index contributed by atoms with van der Waals surface area (Å²) in [5.74, 6) is -1.87. The van der Waals surface area contributed by atoms with Gasteiger partial charge >= 0.3 is 12.3 Å². The van der Waals surface area contributed by atoms with Crippen LogP contribution < -0.4 is 28.6 Å². The number of sulfonamides is 1. The van der Waals surface area contributed by atoms with Crippen molar-refractivity contribution in [1.82, 2.24) is 19.6 Å². The Labute approximate surface area is 411 Å². The molecule has 378 valence electrons. The number of nitrogens with zero attached hydrogens (tertiary/aromatic N) is 4. The van der Waals surface area contributed by atoms with Crippen molar-refractivity contribution in [3.63, 3.8) is 0 Å². The van der Waals surface area contributed by atoms with Crippen LogP contribution in [0.5, 0.6) is 28.9 Å². The molecule has 5 aromatic rings. The summed E-state index contributed by atoms with van der Waals surface area (Å²) in [5, 5.41) is 23.3. The standard InChI is InChI=1S/C52H60F2N6O10S/c1-31(2)38-7-4-5-8-39(38)41-9-6-20-59(41)35-28-52(29-35)17-21-58(22-18-52)34-10-11-40(43(25-34)69-45-24-33-14-19-55-47(33)56-49(45)70-50(53)54)48(61)57-71(65,66)37-26-42(60(63)64)46-44(27-37)67-30-36(68-46)23-32-12-15-51(3,62)16-13-32/h4-5,7-8,10-11,14,19,24-27,31-32,35-36,41,50,62H,6,9,12-13,15-18,20-23,28-30H2,1-3H3,(H,55,56)(H,57,61)/t32-,36-,41+,51-/m1/s1. The minimum atomic E-state index is -4.83. The zero-order valence-electron chi connectivity index (χ0n) is 40.1. The Morgan fingerprint density at radius 1 is 1.01 bits per heavy atom. The first-order chi connectivity index (χ1) is 33.9. The maximum atomic E-state index is 14.2. The van der Waals surface area contributed by atoms with Crippen molar-refractivity contribution in [2.75, 3.05) is 31.1 Å². The largest absolute Gasteiger partial charge is 0.486 e. The molecule has 3 aromatic carbocycles. The molecule has 3 N–H and O–H groups in total. The smallest absolute Gasteiger partial charge is 0.388 e. The maximum absolute atomic E-state index is 14.2. The van der Waals surface area contributed by atoms with Gasteiger partial charge in [0.05, 0.1) is 21.0 Å². The second-order valence-electron chi connectivity index (χ2n) is 20.8. The molecule has 16 nitrogen and oxygen atoms in total. The zero-order valence-corrected chi connectivity index (χ0v) is 40.9. The lowest BCUT2D eigenvalue weighted by Crippen LogP contribution is -2.54. The molecule has 2 atom stereocenters. The van der Waals surface area contributed by atoms with E-state index in [9.17, 15) is 37.2 Å². The number of hydrogen-bond acceptors (Lipinski definition) is 13. The minimum Gasteiger partial charge on any atom is -0.486 e. The van der Waals surface area contributed by atoms with Crippen LogP contribution >= 0.6 is 0 Å². The van der Waals surface area contributed by atoms with Crippen molar-refractivity contribution >= 4 is 38.3 Å². The number of rotatable bonds is 14. The molecular formula is C52H60F2N6O10S. The van der Waals surface area contributed by atoms with E-state index in [0.717, 1.165) is 63.6 Å². The summed E-state index contributed by atoms with van der Waals surface area (Å²) in [5.41, 5.74) is 2.31. The van der Waals surface area contributed by atoms with E-state index < -0.39 is 55.6 Å². The molecule has 19 heteroatoms. The number of likely N-dealkylation sites (tertiary alicyclic amines) is 1. The Morgan fingerprint density at radius 2 is 1.77 bits per heavy atom. The highest BCUT2D eigenvalue weighted by atomic mass is 32.2. The van der Waals surface area contributed by atoms with Crippen LogP contribution in [0.3, 0.4) is 0 Å². The summed E-state index contributed by atoms with van der Waals surface area (Å²) in [6, 6.07) is 19.4. The van der Waals surface area contributed by atoms with Crippen molar-refractivity contribution in [2.24, 2.45) is 11.3 Å². The van der Waals surface area contributed by atoms with Crippen LogP contribution in [-0.2, 0) is 10.0 Å². The van der Waals surface area contributed by atoms with Crippen LogP contribution in [0.1, 0.15) is 125 Å². The van der Waals surface area contributed by atoms with Gasteiger partial charge in [0, 0.05) is 60.6 Å². The number of piperidine rings is 1. The normalized spacial score (nSPS) is 23.5. The number of hydrogen-bond donors (Lipinski definition) is 3. The van der Waals surface area contributed by atoms with E-state index in [-0.39, 0.29) is 52.1 Å². The number of nitro benzene ring substituents is 1. The fourth-order valence-corrected chi connectivity index (χ4v) is 12.7. The van der Waals surface area contributed by atoms with Gasteiger partial charge in [0.1, 0.15) is 24.1 Å². The molecule has 3 aliphatic heterocycles. The van der Waals surface area contributed by atoms with Gasteiger partial charge in [-0.05, 0) is 137 Å². The van der Waals surface area contributed by atoms with Gasteiger partial charge in [-0.2, -0.15) is 13.8 Å². The van der Waals surface area contributed by atoms with E-state index in [0.29, 0.717) is 61.4 Å². The molecule has 2 saturated carbocycles. The predicted octanol–water partition coefficient (Wildman–Crippen LogP) is 10.2. The summed E-state index contributed by atoms with van der Waals surface area (Å²) in [4.78, 5) is 37.1. The van der Waals surface area contributed by atoms with Crippen LogP contribution in [0.15, 0.2) is 77.8 Å². The van der Waals surface area contributed by atoms with Crippen LogP contribution in [0.25, 0.3) is 11.0 Å². The summed E-state index contributed by atoms with van der Waals surface area (Å²) in [7, 11) is -4.83. The molecule has 4 fully saturated rings. The average molecular weight is 999 g/mol. The third-order valence-corrected chi connectivity index (χ3v) is 16.9. The Bertz CT molecular complexity index is 2920. The highest BCUT2D eigenvalue weighted by molar-refractivity contribution is 7.90. The fourth-order valence-electron chi connectivity index (χ4n) is 11.7. The predicted molar refractivity (Wildman–Crippen MR) is 260 cm³/mol. The third kappa shape index (κ3) is 10.1. The second kappa shape index (κ2) is 19.2. The molecule has 0 radical (unpaired) electrons. The number of benzene rings is 3. The topological polar surface area (TPSA) is 199 Å². The van der Waals surface area contributed by atoms with Gasteiger partial charge in [0.15, 0.2) is 11.5 Å². The third-order valence-electron chi connectivity index (χ3n) is 15.6. The number of pyridine rings is 1. The second-order valence-corrected chi connectivity index (χ2v) is 22.5. The number of amides is 1. The molecule has 71 heavy (non-hydrogen) atoms. The van der Waals surface area contributed by atoms with E-state index >= 15 is 0 Å². The SMILES string of the molecule is CC(C)c1ccccc1[C@@H]1CCCN1C1CC2(CCN(c3ccc(C(=O)NS(=O)(=O)c4cc5c(c([N+](=O)[O-])c4)O[C@H](C[C@H]4CC[C@](C)(O)CC4)CO5)c(Oc4cc5cc[nH]c5nc4OC(F)F)c3)CC2)C1. The monoisotopic (exact) mass is 998 g/mol. The minimum absolute atomic E-state index is 0.00613. The lowest BCUT2D eigenvalue weighted by Gasteiger charge is -2.56. The van der Waals surface area contributed by atoms with Crippen LogP contribution in [0.4, 0.5) is 20.2 Å². The van der Waals surface area contributed by atoms with Gasteiger partial charge in [-0.25, -0.2) is 13.1 Å². The quantitative estimate of drug-likeness (QED) is 0.0702. The molecule has 0 unspecified atom stereocenters.